The molecule has 3 aliphatic rings. The first kappa shape index (κ1) is 22.8. The lowest BCUT2D eigenvalue weighted by Crippen LogP contribution is -2.44. The summed E-state index contributed by atoms with van der Waals surface area (Å²) in [4.78, 5) is 15.0. The average Bonchev–Trinajstić information content (AvgIpc) is 3.19. The standard InChI is InChI=1S/C25H29NO4S.H2O/c1-31(28)22-8-5-17(6-9-22)19-7-10-23-20(15-19)16-24(30-23)18-11-13-26(14-12-18)25(27)29-21-3-2-4-21;/h5-10,15,18,21,24H,2-4,11-14,16H2,1H3;1H2. The van der Waals surface area contributed by atoms with E-state index in [2.05, 4.69) is 18.2 Å². The van der Waals surface area contributed by atoms with Gasteiger partial charge in [-0.15, -0.1) is 0 Å². The number of amides is 1. The van der Waals surface area contributed by atoms with Gasteiger partial charge in [-0.3, -0.25) is 4.21 Å². The van der Waals surface area contributed by atoms with Crippen LogP contribution in [0.25, 0.3) is 11.1 Å². The topological polar surface area (TPSA) is 87.3 Å². The molecule has 2 N–H and O–H groups in total. The van der Waals surface area contributed by atoms with Crippen molar-refractivity contribution in [3.8, 4) is 16.9 Å². The van der Waals surface area contributed by atoms with E-state index in [1.165, 1.54) is 12.0 Å². The minimum absolute atomic E-state index is 0. The molecule has 1 aliphatic carbocycles. The molecular weight excluding hydrogens is 426 g/mol. The largest absolute Gasteiger partial charge is 0.490 e. The lowest BCUT2D eigenvalue weighted by atomic mass is 9.88. The van der Waals surface area contributed by atoms with Crippen LogP contribution in [0.5, 0.6) is 5.75 Å². The highest BCUT2D eigenvalue weighted by Crippen LogP contribution is 2.38. The number of benzene rings is 2. The molecular formula is C25H31NO5S. The fraction of sp³-hybridized carbons (Fsp3) is 0.480. The van der Waals surface area contributed by atoms with Gasteiger partial charge in [-0.1, -0.05) is 18.2 Å². The molecule has 2 heterocycles. The number of ether oxygens (including phenoxy) is 2. The van der Waals surface area contributed by atoms with Crippen molar-refractivity contribution < 1.29 is 24.0 Å². The number of likely N-dealkylation sites (tertiary alicyclic amines) is 1. The van der Waals surface area contributed by atoms with Crippen LogP contribution in [0.1, 0.15) is 37.7 Å². The van der Waals surface area contributed by atoms with Crippen LogP contribution in [-0.4, -0.2) is 52.2 Å². The summed E-state index contributed by atoms with van der Waals surface area (Å²) in [5.41, 5.74) is 3.53. The summed E-state index contributed by atoms with van der Waals surface area (Å²) >= 11 is 0. The maximum atomic E-state index is 12.3. The van der Waals surface area contributed by atoms with Crippen molar-refractivity contribution in [1.82, 2.24) is 4.90 Å². The van der Waals surface area contributed by atoms with Gasteiger partial charge in [0.25, 0.3) is 0 Å². The number of hydrogen-bond acceptors (Lipinski definition) is 4. The Balaban J connectivity index is 0.00000245. The highest BCUT2D eigenvalue weighted by molar-refractivity contribution is 7.84. The monoisotopic (exact) mass is 457 g/mol. The highest BCUT2D eigenvalue weighted by Gasteiger charge is 2.35. The molecule has 0 spiro atoms. The first-order valence-corrected chi connectivity index (χ1v) is 12.8. The molecule has 1 saturated heterocycles. The third kappa shape index (κ3) is 4.69. The van der Waals surface area contributed by atoms with E-state index >= 15 is 0 Å². The molecule has 2 atom stereocenters. The second kappa shape index (κ2) is 9.63. The number of hydrogen-bond donors (Lipinski definition) is 0. The van der Waals surface area contributed by atoms with Gasteiger partial charge in [-0.2, -0.15) is 0 Å². The summed E-state index contributed by atoms with van der Waals surface area (Å²) in [6.07, 6.45) is 7.92. The number of carbonyl (C=O) groups excluding carboxylic acids is 1. The minimum Gasteiger partial charge on any atom is -0.490 e. The molecule has 0 aromatic heterocycles. The quantitative estimate of drug-likeness (QED) is 0.695. The van der Waals surface area contributed by atoms with Gasteiger partial charge in [-0.25, -0.2) is 4.79 Å². The molecule has 2 aliphatic heterocycles. The molecule has 6 nitrogen and oxygen atoms in total. The lowest BCUT2D eigenvalue weighted by molar-refractivity contribution is 0.0146. The van der Waals surface area contributed by atoms with Gasteiger partial charge in [0.2, 0.25) is 0 Å². The first-order valence-electron chi connectivity index (χ1n) is 11.3. The Hall–Kier alpha value is -2.38. The van der Waals surface area contributed by atoms with Gasteiger partial charge in [0.1, 0.15) is 18.0 Å². The Labute approximate surface area is 191 Å². The molecule has 2 aromatic rings. The summed E-state index contributed by atoms with van der Waals surface area (Å²) in [5, 5.41) is 0. The highest BCUT2D eigenvalue weighted by atomic mass is 32.2. The molecule has 32 heavy (non-hydrogen) atoms. The van der Waals surface area contributed by atoms with Crippen molar-refractivity contribution in [2.75, 3.05) is 19.3 Å². The van der Waals surface area contributed by atoms with Gasteiger partial charge < -0.3 is 19.8 Å². The van der Waals surface area contributed by atoms with Crippen LogP contribution in [0, 0.1) is 5.92 Å². The van der Waals surface area contributed by atoms with Crippen LogP contribution in [0.3, 0.4) is 0 Å². The zero-order valence-electron chi connectivity index (χ0n) is 18.4. The number of carbonyl (C=O) groups is 1. The van der Waals surface area contributed by atoms with E-state index in [1.54, 1.807) is 6.26 Å². The van der Waals surface area contributed by atoms with E-state index in [-0.39, 0.29) is 23.8 Å². The number of piperidine rings is 1. The summed E-state index contributed by atoms with van der Waals surface area (Å²) < 4.78 is 23.5. The maximum absolute atomic E-state index is 12.3. The van der Waals surface area contributed by atoms with Crippen LogP contribution < -0.4 is 4.74 Å². The predicted molar refractivity (Wildman–Crippen MR) is 124 cm³/mol. The number of rotatable bonds is 4. The minimum atomic E-state index is -0.960. The van der Waals surface area contributed by atoms with Crippen molar-refractivity contribution in [3.63, 3.8) is 0 Å². The van der Waals surface area contributed by atoms with Gasteiger partial charge in [0, 0.05) is 41.5 Å². The first-order chi connectivity index (χ1) is 15.1. The van der Waals surface area contributed by atoms with Crippen LogP contribution >= 0.6 is 0 Å². The summed E-state index contributed by atoms with van der Waals surface area (Å²) in [7, 11) is -0.960. The Kier molecular flexibility index (Phi) is 6.86. The Bertz CT molecular complexity index is 980. The SMILES string of the molecule is CS(=O)c1ccc(-c2ccc3c(c2)CC(C2CCN(C(=O)OC4CCC4)CC2)O3)cc1.O. The predicted octanol–water partition coefficient (Wildman–Crippen LogP) is 3.97. The van der Waals surface area contributed by atoms with Crippen molar-refractivity contribution >= 4 is 16.9 Å². The van der Waals surface area contributed by atoms with E-state index in [0.29, 0.717) is 5.92 Å². The zero-order valence-corrected chi connectivity index (χ0v) is 19.2. The normalized spacial score (nSPS) is 21.7. The summed E-state index contributed by atoms with van der Waals surface area (Å²) in [6.45, 7) is 1.51. The van der Waals surface area contributed by atoms with Crippen molar-refractivity contribution in [3.05, 3.63) is 48.0 Å². The van der Waals surface area contributed by atoms with E-state index in [9.17, 15) is 9.00 Å². The second-order valence-corrected chi connectivity index (χ2v) is 10.3. The van der Waals surface area contributed by atoms with Crippen LogP contribution in [0.15, 0.2) is 47.4 Å². The van der Waals surface area contributed by atoms with E-state index in [4.69, 9.17) is 9.47 Å². The maximum Gasteiger partial charge on any atom is 0.410 e. The Morgan fingerprint density at radius 2 is 1.72 bits per heavy atom. The van der Waals surface area contributed by atoms with Crippen LogP contribution in [0.2, 0.25) is 0 Å². The van der Waals surface area contributed by atoms with Crippen molar-refractivity contribution in [2.24, 2.45) is 5.92 Å². The van der Waals surface area contributed by atoms with Gasteiger partial charge in [-0.05, 0) is 79.0 Å². The molecule has 5 rings (SSSR count). The third-order valence-corrected chi connectivity index (χ3v) is 7.86. The molecule has 2 aromatic carbocycles. The number of fused-ring (bicyclic) bond motifs is 1. The molecule has 1 saturated carbocycles. The molecule has 7 heteroatoms. The molecule has 0 radical (unpaired) electrons. The smallest absolute Gasteiger partial charge is 0.410 e. The molecule has 0 bridgehead atoms. The van der Waals surface area contributed by atoms with Gasteiger partial charge in [0.15, 0.2) is 0 Å². The van der Waals surface area contributed by atoms with E-state index in [0.717, 1.165) is 67.0 Å². The second-order valence-electron chi connectivity index (χ2n) is 8.92. The average molecular weight is 458 g/mol. The van der Waals surface area contributed by atoms with Crippen LogP contribution in [-0.2, 0) is 22.0 Å². The molecule has 2 fully saturated rings. The van der Waals surface area contributed by atoms with E-state index < -0.39 is 10.8 Å². The fourth-order valence-electron chi connectivity index (χ4n) is 4.72. The fourth-order valence-corrected chi connectivity index (χ4v) is 5.24. The lowest BCUT2D eigenvalue weighted by Gasteiger charge is -2.35. The molecule has 1 amide bonds. The Morgan fingerprint density at radius 1 is 1.03 bits per heavy atom. The van der Waals surface area contributed by atoms with Crippen molar-refractivity contribution in [1.29, 1.82) is 0 Å². The van der Waals surface area contributed by atoms with Crippen LogP contribution in [0.4, 0.5) is 4.79 Å². The van der Waals surface area contributed by atoms with Gasteiger partial charge >= 0.3 is 6.09 Å². The summed E-state index contributed by atoms with van der Waals surface area (Å²) in [5.74, 6) is 1.44. The Morgan fingerprint density at radius 3 is 2.34 bits per heavy atom. The summed E-state index contributed by atoms with van der Waals surface area (Å²) in [6, 6.07) is 14.3. The molecule has 172 valence electrons. The number of nitrogens with zero attached hydrogens (tertiary/aromatic N) is 1. The van der Waals surface area contributed by atoms with E-state index in [1.807, 2.05) is 29.2 Å². The van der Waals surface area contributed by atoms with Crippen molar-refractivity contribution in [2.45, 2.75) is 55.6 Å². The molecule has 2 unspecified atom stereocenters. The zero-order chi connectivity index (χ0) is 21.4. The third-order valence-electron chi connectivity index (χ3n) is 6.92. The van der Waals surface area contributed by atoms with Gasteiger partial charge in [0.05, 0.1) is 0 Å².